The molecule has 1 aliphatic carbocycles. The number of hydrogen-bond donors (Lipinski definition) is 0. The van der Waals surface area contributed by atoms with Crippen LogP contribution in [0.5, 0.6) is 0 Å². The monoisotopic (exact) mass is 232 g/mol. The highest BCUT2D eigenvalue weighted by molar-refractivity contribution is 5.91. The summed E-state index contributed by atoms with van der Waals surface area (Å²) in [5, 5.41) is 0. The van der Waals surface area contributed by atoms with Gasteiger partial charge in [0, 0.05) is 11.5 Å². The van der Waals surface area contributed by atoms with Crippen LogP contribution in [0.2, 0.25) is 0 Å². The van der Waals surface area contributed by atoms with Gasteiger partial charge in [-0.2, -0.15) is 0 Å². The molecule has 17 heavy (non-hydrogen) atoms. The van der Waals surface area contributed by atoms with Gasteiger partial charge in [0.15, 0.2) is 0 Å². The minimum Gasteiger partial charge on any atom is -0.454 e. The fraction of sp³-hybridized carbons (Fsp3) is 0.533. The summed E-state index contributed by atoms with van der Waals surface area (Å²) in [6.45, 7) is 8.14. The first-order chi connectivity index (χ1) is 8.08. The standard InChI is InChI=1S/C15H20O2/c1-10-5-4-6-11(2)9-14-13(8-7-10)12(3)15(16)17-14/h7,9,13-14H,3-6,8H2,1-2H3/b10-7+,11-9+/t13?,14-/m0/s1. The summed E-state index contributed by atoms with van der Waals surface area (Å²) in [5.74, 6) is -0.0974. The SMILES string of the molecule is C=C1C(=O)O[C@H]2/C=C(\C)CCC/C(C)=C/CC12. The van der Waals surface area contributed by atoms with E-state index < -0.39 is 0 Å². The van der Waals surface area contributed by atoms with Crippen LogP contribution in [0.3, 0.4) is 0 Å². The van der Waals surface area contributed by atoms with Crippen LogP contribution in [0.25, 0.3) is 0 Å². The van der Waals surface area contributed by atoms with Crippen molar-refractivity contribution in [2.45, 2.75) is 45.6 Å². The number of rotatable bonds is 0. The molecule has 0 aromatic rings. The van der Waals surface area contributed by atoms with Crippen molar-refractivity contribution in [1.29, 1.82) is 0 Å². The second-order valence-corrected chi connectivity index (χ2v) is 5.15. The largest absolute Gasteiger partial charge is 0.454 e. The number of fused-ring (bicyclic) bond motifs is 1. The van der Waals surface area contributed by atoms with E-state index in [9.17, 15) is 4.79 Å². The van der Waals surface area contributed by atoms with Gasteiger partial charge in [0.2, 0.25) is 0 Å². The van der Waals surface area contributed by atoms with E-state index in [0.717, 1.165) is 19.3 Å². The molecule has 0 aromatic heterocycles. The van der Waals surface area contributed by atoms with Gasteiger partial charge < -0.3 is 4.74 Å². The topological polar surface area (TPSA) is 26.3 Å². The Labute approximate surface area is 103 Å². The fourth-order valence-electron chi connectivity index (χ4n) is 2.50. The fourth-order valence-corrected chi connectivity index (χ4v) is 2.50. The predicted molar refractivity (Wildman–Crippen MR) is 68.5 cm³/mol. The van der Waals surface area contributed by atoms with Gasteiger partial charge in [0.25, 0.3) is 0 Å². The summed E-state index contributed by atoms with van der Waals surface area (Å²) in [4.78, 5) is 11.6. The van der Waals surface area contributed by atoms with Crippen molar-refractivity contribution in [2.75, 3.05) is 0 Å². The van der Waals surface area contributed by atoms with Gasteiger partial charge >= 0.3 is 5.97 Å². The molecule has 1 fully saturated rings. The quantitative estimate of drug-likeness (QED) is 0.363. The molecule has 0 bridgehead atoms. The summed E-state index contributed by atoms with van der Waals surface area (Å²) >= 11 is 0. The molecule has 0 radical (unpaired) electrons. The lowest BCUT2D eigenvalue weighted by Gasteiger charge is -2.16. The Morgan fingerprint density at radius 3 is 2.76 bits per heavy atom. The van der Waals surface area contributed by atoms with Gasteiger partial charge in [-0.3, -0.25) is 0 Å². The lowest BCUT2D eigenvalue weighted by atomic mass is 9.89. The van der Waals surface area contributed by atoms with Crippen molar-refractivity contribution < 1.29 is 9.53 Å². The smallest absolute Gasteiger partial charge is 0.334 e. The van der Waals surface area contributed by atoms with Crippen LogP contribution >= 0.6 is 0 Å². The first-order valence-corrected chi connectivity index (χ1v) is 6.30. The third-order valence-electron chi connectivity index (χ3n) is 3.66. The van der Waals surface area contributed by atoms with Crippen LogP contribution in [0.15, 0.2) is 35.5 Å². The van der Waals surface area contributed by atoms with Gasteiger partial charge in [-0.05, 0) is 45.6 Å². The molecule has 0 aromatic carbocycles. The first-order valence-electron chi connectivity index (χ1n) is 6.30. The van der Waals surface area contributed by atoms with Crippen LogP contribution in [-0.2, 0) is 9.53 Å². The van der Waals surface area contributed by atoms with Crippen LogP contribution in [0, 0.1) is 5.92 Å². The van der Waals surface area contributed by atoms with Crippen LogP contribution in [0.1, 0.15) is 39.5 Å². The van der Waals surface area contributed by atoms with E-state index in [-0.39, 0.29) is 18.0 Å². The Bertz CT molecular complexity index is 401. The molecule has 92 valence electrons. The maximum atomic E-state index is 11.6. The van der Waals surface area contributed by atoms with E-state index in [1.807, 2.05) is 0 Å². The summed E-state index contributed by atoms with van der Waals surface area (Å²) < 4.78 is 5.37. The Morgan fingerprint density at radius 2 is 2.00 bits per heavy atom. The Balaban J connectivity index is 2.26. The zero-order valence-corrected chi connectivity index (χ0v) is 10.7. The molecule has 2 atom stereocenters. The normalized spacial score (nSPS) is 36.4. The number of esters is 1. The predicted octanol–water partition coefficient (Wildman–Crippen LogP) is 3.55. The lowest BCUT2D eigenvalue weighted by molar-refractivity contribution is -0.137. The highest BCUT2D eigenvalue weighted by Crippen LogP contribution is 2.33. The van der Waals surface area contributed by atoms with E-state index in [4.69, 9.17) is 4.74 Å². The molecule has 2 rings (SSSR count). The zero-order chi connectivity index (χ0) is 12.4. The number of ether oxygens (including phenoxy) is 1. The summed E-state index contributed by atoms with van der Waals surface area (Å²) in [6.07, 6.45) is 8.51. The van der Waals surface area contributed by atoms with Gasteiger partial charge in [0.05, 0.1) is 0 Å². The van der Waals surface area contributed by atoms with Crippen molar-refractivity contribution in [1.82, 2.24) is 0 Å². The average Bonchev–Trinajstić information content (AvgIpc) is 2.52. The maximum Gasteiger partial charge on any atom is 0.334 e. The molecular weight excluding hydrogens is 212 g/mol. The molecule has 0 saturated carbocycles. The molecular formula is C15H20O2. The maximum absolute atomic E-state index is 11.6. The van der Waals surface area contributed by atoms with E-state index in [0.29, 0.717) is 5.57 Å². The average molecular weight is 232 g/mol. The summed E-state index contributed by atoms with van der Waals surface area (Å²) in [5.41, 5.74) is 3.35. The van der Waals surface area contributed by atoms with Crippen molar-refractivity contribution in [3.63, 3.8) is 0 Å². The zero-order valence-electron chi connectivity index (χ0n) is 10.7. The van der Waals surface area contributed by atoms with E-state index in [1.165, 1.54) is 17.6 Å². The van der Waals surface area contributed by atoms with E-state index >= 15 is 0 Å². The molecule has 1 heterocycles. The molecule has 0 amide bonds. The Morgan fingerprint density at radius 1 is 1.29 bits per heavy atom. The van der Waals surface area contributed by atoms with Crippen molar-refractivity contribution in [3.8, 4) is 0 Å². The first kappa shape index (κ1) is 12.2. The number of carbonyl (C=O) groups excluding carboxylic acids is 1. The van der Waals surface area contributed by atoms with Gasteiger partial charge in [-0.25, -0.2) is 4.79 Å². The Hall–Kier alpha value is -1.31. The van der Waals surface area contributed by atoms with E-state index in [1.54, 1.807) is 0 Å². The van der Waals surface area contributed by atoms with Crippen molar-refractivity contribution in [3.05, 3.63) is 35.5 Å². The third-order valence-corrected chi connectivity index (χ3v) is 3.66. The highest BCUT2D eigenvalue weighted by Gasteiger charge is 2.36. The number of hydrogen-bond acceptors (Lipinski definition) is 2. The number of carbonyl (C=O) groups is 1. The number of allylic oxidation sites excluding steroid dienone is 3. The van der Waals surface area contributed by atoms with Crippen molar-refractivity contribution in [2.24, 2.45) is 5.92 Å². The molecule has 1 aliphatic heterocycles. The summed E-state index contributed by atoms with van der Waals surface area (Å²) in [6, 6.07) is 0. The molecule has 0 spiro atoms. The molecule has 1 saturated heterocycles. The van der Waals surface area contributed by atoms with Gasteiger partial charge in [0.1, 0.15) is 6.10 Å². The highest BCUT2D eigenvalue weighted by atomic mass is 16.5. The van der Waals surface area contributed by atoms with Crippen LogP contribution < -0.4 is 0 Å². The Kier molecular flexibility index (Phi) is 3.51. The van der Waals surface area contributed by atoms with Gasteiger partial charge in [-0.1, -0.05) is 23.8 Å². The van der Waals surface area contributed by atoms with E-state index in [2.05, 4.69) is 32.6 Å². The summed E-state index contributed by atoms with van der Waals surface area (Å²) in [7, 11) is 0. The molecule has 0 N–H and O–H groups in total. The van der Waals surface area contributed by atoms with Crippen LogP contribution in [-0.4, -0.2) is 12.1 Å². The third kappa shape index (κ3) is 2.68. The minimum absolute atomic E-state index is 0.0999. The van der Waals surface area contributed by atoms with Crippen molar-refractivity contribution >= 4 is 5.97 Å². The van der Waals surface area contributed by atoms with Gasteiger partial charge in [-0.15, -0.1) is 0 Å². The molecule has 1 unspecified atom stereocenters. The van der Waals surface area contributed by atoms with Crippen LogP contribution in [0.4, 0.5) is 0 Å². The second-order valence-electron chi connectivity index (χ2n) is 5.15. The minimum atomic E-state index is -0.227. The molecule has 2 heteroatoms. The lowest BCUT2D eigenvalue weighted by Crippen LogP contribution is -2.14. The molecule has 2 aliphatic rings. The molecule has 2 nitrogen and oxygen atoms in total. The second kappa shape index (κ2) is 4.91.